The molecule has 4 nitrogen and oxygen atoms in total. The molecule has 15 heavy (non-hydrogen) atoms. The molecule has 1 aromatic heterocycles. The van der Waals surface area contributed by atoms with Gasteiger partial charge in [0.05, 0.1) is 0 Å². The lowest BCUT2D eigenvalue weighted by atomic mass is 10.3. The summed E-state index contributed by atoms with van der Waals surface area (Å²) < 4.78 is 0. The highest BCUT2D eigenvalue weighted by molar-refractivity contribution is 5.36. The Bertz CT molecular complexity index is 395. The Morgan fingerprint density at radius 1 is 1.60 bits per heavy atom. The second kappa shape index (κ2) is 4.04. The average Bonchev–Trinajstić information content (AvgIpc) is 3.00. The SMILES string of the molecule is CCCN(C)c1cc(=O)[nH]c(C2CC2)n1. The fourth-order valence-corrected chi connectivity index (χ4v) is 1.66. The van der Waals surface area contributed by atoms with Crippen molar-refractivity contribution in [2.45, 2.75) is 32.1 Å². The van der Waals surface area contributed by atoms with Crippen LogP contribution in [0.15, 0.2) is 10.9 Å². The van der Waals surface area contributed by atoms with Crippen LogP contribution in [-0.2, 0) is 0 Å². The molecular weight excluding hydrogens is 190 g/mol. The minimum Gasteiger partial charge on any atom is -0.359 e. The van der Waals surface area contributed by atoms with E-state index in [0.29, 0.717) is 5.92 Å². The number of aromatic amines is 1. The smallest absolute Gasteiger partial charge is 0.252 e. The first-order valence-corrected chi connectivity index (χ1v) is 5.53. The third kappa shape index (κ3) is 2.37. The lowest BCUT2D eigenvalue weighted by Crippen LogP contribution is -2.22. The Hall–Kier alpha value is -1.32. The van der Waals surface area contributed by atoms with Gasteiger partial charge in [-0.1, -0.05) is 6.92 Å². The summed E-state index contributed by atoms with van der Waals surface area (Å²) >= 11 is 0. The predicted molar refractivity (Wildman–Crippen MR) is 60.4 cm³/mol. The molecule has 0 atom stereocenters. The third-order valence-corrected chi connectivity index (χ3v) is 2.66. The molecular formula is C11H17N3O. The zero-order valence-corrected chi connectivity index (χ0v) is 9.29. The van der Waals surface area contributed by atoms with Crippen molar-refractivity contribution in [3.05, 3.63) is 22.2 Å². The van der Waals surface area contributed by atoms with Crippen molar-refractivity contribution in [3.8, 4) is 0 Å². The molecule has 0 radical (unpaired) electrons. The third-order valence-electron chi connectivity index (χ3n) is 2.66. The van der Waals surface area contributed by atoms with Crippen molar-refractivity contribution in [3.63, 3.8) is 0 Å². The minimum absolute atomic E-state index is 0.0372. The maximum absolute atomic E-state index is 11.4. The zero-order valence-electron chi connectivity index (χ0n) is 9.29. The molecule has 0 unspecified atom stereocenters. The summed E-state index contributed by atoms with van der Waals surface area (Å²) in [6, 6.07) is 1.57. The summed E-state index contributed by atoms with van der Waals surface area (Å²) in [7, 11) is 1.97. The number of H-pyrrole nitrogens is 1. The Balaban J connectivity index is 2.26. The van der Waals surface area contributed by atoms with Gasteiger partial charge in [0.1, 0.15) is 11.6 Å². The minimum atomic E-state index is -0.0372. The number of nitrogens with one attached hydrogen (secondary N) is 1. The van der Waals surface area contributed by atoms with Crippen LogP contribution in [0.3, 0.4) is 0 Å². The van der Waals surface area contributed by atoms with Crippen molar-refractivity contribution >= 4 is 5.82 Å². The Kier molecular flexibility index (Phi) is 2.75. The maximum Gasteiger partial charge on any atom is 0.252 e. The fourth-order valence-electron chi connectivity index (χ4n) is 1.66. The quantitative estimate of drug-likeness (QED) is 0.813. The van der Waals surface area contributed by atoms with Gasteiger partial charge in [-0.2, -0.15) is 0 Å². The first-order chi connectivity index (χ1) is 7.20. The molecule has 1 fully saturated rings. The lowest BCUT2D eigenvalue weighted by molar-refractivity contribution is 0.813. The molecule has 2 rings (SSSR count). The molecule has 0 aromatic carbocycles. The van der Waals surface area contributed by atoms with Crippen LogP contribution in [0.4, 0.5) is 5.82 Å². The number of aromatic nitrogens is 2. The Labute approximate surface area is 89.3 Å². The first-order valence-electron chi connectivity index (χ1n) is 5.53. The van der Waals surface area contributed by atoms with E-state index in [-0.39, 0.29) is 5.56 Å². The van der Waals surface area contributed by atoms with E-state index < -0.39 is 0 Å². The van der Waals surface area contributed by atoms with E-state index in [4.69, 9.17) is 0 Å². The highest BCUT2D eigenvalue weighted by Crippen LogP contribution is 2.37. The first kappa shape index (κ1) is 10.2. The molecule has 0 aliphatic heterocycles. The topological polar surface area (TPSA) is 49.0 Å². The summed E-state index contributed by atoms with van der Waals surface area (Å²) in [5.74, 6) is 2.15. The van der Waals surface area contributed by atoms with Crippen LogP contribution in [0, 0.1) is 0 Å². The van der Waals surface area contributed by atoms with Crippen molar-refractivity contribution in [1.29, 1.82) is 0 Å². The van der Waals surface area contributed by atoms with E-state index in [9.17, 15) is 4.79 Å². The van der Waals surface area contributed by atoms with Gasteiger partial charge >= 0.3 is 0 Å². The van der Waals surface area contributed by atoms with Gasteiger partial charge < -0.3 is 9.88 Å². The van der Waals surface area contributed by atoms with Crippen LogP contribution in [0.2, 0.25) is 0 Å². The summed E-state index contributed by atoms with van der Waals surface area (Å²) in [6.45, 7) is 3.05. The molecule has 0 amide bonds. The number of nitrogens with zero attached hydrogens (tertiary/aromatic N) is 2. The predicted octanol–water partition coefficient (Wildman–Crippen LogP) is 1.49. The van der Waals surface area contributed by atoms with Crippen LogP contribution in [-0.4, -0.2) is 23.6 Å². The molecule has 82 valence electrons. The summed E-state index contributed by atoms with van der Waals surface area (Å²) in [5.41, 5.74) is -0.0372. The highest BCUT2D eigenvalue weighted by Gasteiger charge is 2.26. The molecule has 1 aliphatic carbocycles. The van der Waals surface area contributed by atoms with Gasteiger partial charge in [0.15, 0.2) is 0 Å². The molecule has 4 heteroatoms. The van der Waals surface area contributed by atoms with Gasteiger partial charge in [-0.3, -0.25) is 4.79 Å². The van der Waals surface area contributed by atoms with E-state index in [0.717, 1.165) is 37.4 Å². The number of rotatable bonds is 4. The van der Waals surface area contributed by atoms with Crippen LogP contribution >= 0.6 is 0 Å². The van der Waals surface area contributed by atoms with Gasteiger partial charge in [-0.25, -0.2) is 4.98 Å². The largest absolute Gasteiger partial charge is 0.359 e. The Morgan fingerprint density at radius 2 is 2.33 bits per heavy atom. The van der Waals surface area contributed by atoms with Crippen molar-refractivity contribution in [1.82, 2.24) is 9.97 Å². The fraction of sp³-hybridized carbons (Fsp3) is 0.636. The summed E-state index contributed by atoms with van der Waals surface area (Å²) in [4.78, 5) is 20.8. The highest BCUT2D eigenvalue weighted by atomic mass is 16.1. The van der Waals surface area contributed by atoms with E-state index >= 15 is 0 Å². The van der Waals surface area contributed by atoms with Crippen LogP contribution in [0.25, 0.3) is 0 Å². The van der Waals surface area contributed by atoms with Gasteiger partial charge in [-0.05, 0) is 19.3 Å². The normalized spacial score (nSPS) is 15.3. The molecule has 0 saturated heterocycles. The molecule has 0 spiro atoms. The van der Waals surface area contributed by atoms with Crippen LogP contribution < -0.4 is 10.5 Å². The number of hydrogen-bond acceptors (Lipinski definition) is 3. The second-order valence-corrected chi connectivity index (χ2v) is 4.18. The summed E-state index contributed by atoms with van der Waals surface area (Å²) in [5, 5.41) is 0. The molecule has 1 saturated carbocycles. The molecule has 1 aliphatic rings. The van der Waals surface area contributed by atoms with Crippen LogP contribution in [0.5, 0.6) is 0 Å². The molecule has 1 heterocycles. The monoisotopic (exact) mass is 207 g/mol. The lowest BCUT2D eigenvalue weighted by Gasteiger charge is -2.17. The average molecular weight is 207 g/mol. The van der Waals surface area contributed by atoms with Crippen molar-refractivity contribution in [2.24, 2.45) is 0 Å². The maximum atomic E-state index is 11.4. The summed E-state index contributed by atoms with van der Waals surface area (Å²) in [6.07, 6.45) is 3.37. The van der Waals surface area contributed by atoms with E-state index in [1.54, 1.807) is 6.07 Å². The molecule has 1 aromatic rings. The van der Waals surface area contributed by atoms with E-state index in [1.165, 1.54) is 0 Å². The number of hydrogen-bond donors (Lipinski definition) is 1. The van der Waals surface area contributed by atoms with Gasteiger partial charge in [0.2, 0.25) is 0 Å². The standard InChI is InChI=1S/C11H17N3O/c1-3-6-14(2)9-7-10(15)13-11(12-9)8-4-5-8/h7-8H,3-6H2,1-2H3,(H,12,13,15). The Morgan fingerprint density at radius 3 is 2.93 bits per heavy atom. The van der Waals surface area contributed by atoms with Crippen molar-refractivity contribution in [2.75, 3.05) is 18.5 Å². The van der Waals surface area contributed by atoms with Crippen molar-refractivity contribution < 1.29 is 0 Å². The second-order valence-electron chi connectivity index (χ2n) is 4.18. The number of anilines is 1. The van der Waals surface area contributed by atoms with Crippen LogP contribution in [0.1, 0.15) is 37.9 Å². The van der Waals surface area contributed by atoms with Gasteiger partial charge in [-0.15, -0.1) is 0 Å². The molecule has 1 N–H and O–H groups in total. The zero-order chi connectivity index (χ0) is 10.8. The van der Waals surface area contributed by atoms with Gasteiger partial charge in [0.25, 0.3) is 5.56 Å². The molecule has 0 bridgehead atoms. The van der Waals surface area contributed by atoms with Gasteiger partial charge in [0, 0.05) is 25.6 Å². The van der Waals surface area contributed by atoms with E-state index in [1.807, 2.05) is 11.9 Å². The van der Waals surface area contributed by atoms with E-state index in [2.05, 4.69) is 16.9 Å².